The van der Waals surface area contributed by atoms with Crippen molar-refractivity contribution in [3.63, 3.8) is 0 Å². The van der Waals surface area contributed by atoms with Crippen LogP contribution < -0.4 is 11.1 Å². The summed E-state index contributed by atoms with van der Waals surface area (Å²) in [5.74, 6) is 1.59. The number of nitrogens with one attached hydrogen (secondary N) is 1. The summed E-state index contributed by atoms with van der Waals surface area (Å²) >= 11 is 0. The van der Waals surface area contributed by atoms with E-state index < -0.39 is 0 Å². The molecule has 1 aromatic heterocycles. The lowest BCUT2D eigenvalue weighted by molar-refractivity contribution is -0.122. The normalized spacial score (nSPS) is 12.5. The first-order valence-corrected chi connectivity index (χ1v) is 5.96. The van der Waals surface area contributed by atoms with Gasteiger partial charge in [0.2, 0.25) is 11.8 Å². The third-order valence-corrected chi connectivity index (χ3v) is 2.89. The Kier molecular flexibility index (Phi) is 5.15. The van der Waals surface area contributed by atoms with E-state index in [0.717, 1.165) is 17.9 Å². The van der Waals surface area contributed by atoms with Gasteiger partial charge >= 0.3 is 0 Å². The minimum atomic E-state index is -0.00388. The Morgan fingerprint density at radius 1 is 1.53 bits per heavy atom. The maximum absolute atomic E-state index is 11.6. The van der Waals surface area contributed by atoms with Crippen molar-refractivity contribution in [2.24, 2.45) is 11.7 Å². The number of hydrogen-bond donors (Lipinski definition) is 2. The lowest BCUT2D eigenvalue weighted by Crippen LogP contribution is -2.27. The molecule has 1 rings (SSSR count). The van der Waals surface area contributed by atoms with Crippen LogP contribution in [-0.2, 0) is 11.3 Å². The summed E-state index contributed by atoms with van der Waals surface area (Å²) in [6, 6.07) is 0. The first-order valence-electron chi connectivity index (χ1n) is 5.96. The first kappa shape index (κ1) is 13.7. The van der Waals surface area contributed by atoms with Gasteiger partial charge in [0.1, 0.15) is 5.76 Å². The number of aromatic nitrogens is 1. The van der Waals surface area contributed by atoms with E-state index in [0.29, 0.717) is 25.4 Å². The van der Waals surface area contributed by atoms with Gasteiger partial charge in [-0.2, -0.15) is 0 Å². The van der Waals surface area contributed by atoms with Gasteiger partial charge in [-0.15, -0.1) is 0 Å². The van der Waals surface area contributed by atoms with Gasteiger partial charge in [0.15, 0.2) is 0 Å². The molecule has 0 radical (unpaired) electrons. The average Bonchev–Trinajstić information content (AvgIpc) is 2.63. The van der Waals surface area contributed by atoms with Crippen molar-refractivity contribution in [3.8, 4) is 0 Å². The Bertz CT molecular complexity index is 350. The summed E-state index contributed by atoms with van der Waals surface area (Å²) in [5, 5.41) is 2.79. The molecular formula is C12H21N3O2. The second-order valence-electron chi connectivity index (χ2n) is 4.24. The number of hydrogen-bond acceptors (Lipinski definition) is 4. The number of carbonyl (C=O) groups excluding carboxylic acids is 1. The molecule has 3 N–H and O–H groups in total. The largest absolute Gasteiger partial charge is 0.444 e. The van der Waals surface area contributed by atoms with Gasteiger partial charge in [0, 0.05) is 6.42 Å². The molecule has 0 aliphatic rings. The number of carbonyl (C=O) groups is 1. The van der Waals surface area contributed by atoms with Gasteiger partial charge in [-0.1, -0.05) is 13.3 Å². The number of rotatable bonds is 6. The van der Waals surface area contributed by atoms with Gasteiger partial charge in [0.25, 0.3) is 0 Å². The summed E-state index contributed by atoms with van der Waals surface area (Å²) in [4.78, 5) is 15.8. The second kappa shape index (κ2) is 6.39. The Labute approximate surface area is 102 Å². The van der Waals surface area contributed by atoms with Crippen molar-refractivity contribution < 1.29 is 9.21 Å². The summed E-state index contributed by atoms with van der Waals surface area (Å²) in [5.41, 5.74) is 6.41. The molecule has 0 aromatic carbocycles. The Morgan fingerprint density at radius 3 is 2.71 bits per heavy atom. The molecule has 0 spiro atoms. The zero-order valence-corrected chi connectivity index (χ0v) is 10.7. The predicted molar refractivity (Wildman–Crippen MR) is 65.3 cm³/mol. The van der Waals surface area contributed by atoms with E-state index >= 15 is 0 Å². The molecule has 1 atom stereocenters. The lowest BCUT2D eigenvalue weighted by Gasteiger charge is -2.10. The highest BCUT2D eigenvalue weighted by molar-refractivity contribution is 5.76. The fraction of sp³-hybridized carbons (Fsp3) is 0.667. The molecule has 1 heterocycles. The molecule has 5 heteroatoms. The van der Waals surface area contributed by atoms with Crippen molar-refractivity contribution in [1.29, 1.82) is 0 Å². The van der Waals surface area contributed by atoms with Gasteiger partial charge in [-0.3, -0.25) is 4.79 Å². The Hall–Kier alpha value is -1.36. The molecule has 0 fully saturated rings. The van der Waals surface area contributed by atoms with Crippen LogP contribution in [-0.4, -0.2) is 17.4 Å². The Morgan fingerprint density at radius 2 is 2.24 bits per heavy atom. The van der Waals surface area contributed by atoms with E-state index in [1.807, 2.05) is 20.8 Å². The highest BCUT2D eigenvalue weighted by Gasteiger charge is 2.11. The van der Waals surface area contributed by atoms with E-state index in [1.54, 1.807) is 0 Å². The van der Waals surface area contributed by atoms with Crippen molar-refractivity contribution in [2.45, 2.75) is 40.2 Å². The van der Waals surface area contributed by atoms with E-state index in [4.69, 9.17) is 10.2 Å². The minimum Gasteiger partial charge on any atom is -0.444 e. The van der Waals surface area contributed by atoms with E-state index in [9.17, 15) is 4.79 Å². The van der Waals surface area contributed by atoms with Gasteiger partial charge in [-0.25, -0.2) is 4.98 Å². The molecule has 0 bridgehead atoms. The highest BCUT2D eigenvalue weighted by atomic mass is 16.4. The number of nitrogens with zero attached hydrogens (tertiary/aromatic N) is 1. The van der Waals surface area contributed by atoms with E-state index in [2.05, 4.69) is 10.3 Å². The standard InChI is InChI=1S/C12H21N3O2/c1-4-10(6-13)5-11(16)14-7-12-15-8(2)9(3)17-12/h10H,4-7,13H2,1-3H3,(H,14,16). The summed E-state index contributed by atoms with van der Waals surface area (Å²) < 4.78 is 5.37. The van der Waals surface area contributed by atoms with Crippen LogP contribution in [0.2, 0.25) is 0 Å². The third kappa shape index (κ3) is 4.19. The molecular weight excluding hydrogens is 218 g/mol. The topological polar surface area (TPSA) is 81.2 Å². The van der Waals surface area contributed by atoms with Gasteiger partial charge < -0.3 is 15.5 Å². The quantitative estimate of drug-likeness (QED) is 0.783. The van der Waals surface area contributed by atoms with Crippen LogP contribution in [0.1, 0.15) is 37.1 Å². The monoisotopic (exact) mass is 239 g/mol. The fourth-order valence-electron chi connectivity index (χ4n) is 1.52. The Balaban J connectivity index is 2.37. The molecule has 1 amide bonds. The van der Waals surface area contributed by atoms with E-state index in [-0.39, 0.29) is 11.8 Å². The SMILES string of the molecule is CCC(CN)CC(=O)NCc1nc(C)c(C)o1. The van der Waals surface area contributed by atoms with E-state index in [1.165, 1.54) is 0 Å². The molecule has 0 aliphatic heterocycles. The van der Waals surface area contributed by atoms with Gasteiger partial charge in [-0.05, 0) is 26.3 Å². The number of nitrogens with two attached hydrogens (primary N) is 1. The van der Waals surface area contributed by atoms with Crippen LogP contribution in [0.4, 0.5) is 0 Å². The molecule has 5 nitrogen and oxygen atoms in total. The van der Waals surface area contributed by atoms with Gasteiger partial charge in [0.05, 0.1) is 12.2 Å². The minimum absolute atomic E-state index is 0.00388. The smallest absolute Gasteiger partial charge is 0.220 e. The molecule has 0 saturated carbocycles. The van der Waals surface area contributed by atoms with Crippen LogP contribution in [0.3, 0.4) is 0 Å². The average molecular weight is 239 g/mol. The fourth-order valence-corrected chi connectivity index (χ4v) is 1.52. The summed E-state index contributed by atoms with van der Waals surface area (Å²) in [7, 11) is 0. The molecule has 17 heavy (non-hydrogen) atoms. The van der Waals surface area contributed by atoms with Crippen LogP contribution in [0, 0.1) is 19.8 Å². The summed E-state index contributed by atoms with van der Waals surface area (Å²) in [6.07, 6.45) is 1.38. The predicted octanol–water partition coefficient (Wildman–Crippen LogP) is 1.28. The molecule has 96 valence electrons. The molecule has 1 unspecified atom stereocenters. The maximum Gasteiger partial charge on any atom is 0.220 e. The number of amides is 1. The first-order chi connectivity index (χ1) is 8.06. The molecule has 0 saturated heterocycles. The van der Waals surface area contributed by atoms with Crippen molar-refractivity contribution in [3.05, 3.63) is 17.3 Å². The van der Waals surface area contributed by atoms with Crippen LogP contribution in [0.15, 0.2) is 4.42 Å². The molecule has 0 aliphatic carbocycles. The second-order valence-corrected chi connectivity index (χ2v) is 4.24. The zero-order valence-electron chi connectivity index (χ0n) is 10.7. The highest BCUT2D eigenvalue weighted by Crippen LogP contribution is 2.09. The zero-order chi connectivity index (χ0) is 12.8. The number of aryl methyl sites for hydroxylation is 2. The lowest BCUT2D eigenvalue weighted by atomic mass is 10.0. The molecule has 1 aromatic rings. The van der Waals surface area contributed by atoms with Crippen molar-refractivity contribution in [2.75, 3.05) is 6.54 Å². The summed E-state index contributed by atoms with van der Waals surface area (Å²) in [6.45, 7) is 6.65. The maximum atomic E-state index is 11.6. The van der Waals surface area contributed by atoms with Crippen LogP contribution >= 0.6 is 0 Å². The number of oxazole rings is 1. The van der Waals surface area contributed by atoms with Crippen molar-refractivity contribution in [1.82, 2.24) is 10.3 Å². The van der Waals surface area contributed by atoms with Crippen LogP contribution in [0.25, 0.3) is 0 Å². The third-order valence-electron chi connectivity index (χ3n) is 2.89. The van der Waals surface area contributed by atoms with Crippen LogP contribution in [0.5, 0.6) is 0 Å². The van der Waals surface area contributed by atoms with Crippen molar-refractivity contribution >= 4 is 5.91 Å².